The van der Waals surface area contributed by atoms with Crippen LogP contribution in [-0.2, 0) is 22.7 Å². The van der Waals surface area contributed by atoms with E-state index in [1.807, 2.05) is 13.0 Å². The van der Waals surface area contributed by atoms with Crippen molar-refractivity contribution in [3.8, 4) is 22.8 Å². The van der Waals surface area contributed by atoms with Gasteiger partial charge in [0.05, 0.1) is 36.5 Å². The van der Waals surface area contributed by atoms with Crippen molar-refractivity contribution in [2.75, 3.05) is 20.8 Å². The summed E-state index contributed by atoms with van der Waals surface area (Å²) in [7, 11) is -1.09. The van der Waals surface area contributed by atoms with Crippen LogP contribution in [0.4, 0.5) is 13.2 Å². The number of thiophene rings is 1. The lowest BCUT2D eigenvalue weighted by Gasteiger charge is -2.71. The minimum atomic E-state index is -4.63. The van der Waals surface area contributed by atoms with Crippen molar-refractivity contribution in [2.45, 2.75) is 87.4 Å². The number of alkyl halides is 3. The molecule has 6 aliphatic carbocycles. The van der Waals surface area contributed by atoms with E-state index in [9.17, 15) is 31.8 Å². The number of halogens is 4. The monoisotopic (exact) mass is 911 g/mol. The normalized spacial score (nSPS) is 32.6. The van der Waals surface area contributed by atoms with Crippen LogP contribution in [0, 0.1) is 33.5 Å². The number of aliphatic hydroxyl groups excluding tert-OH is 1. The molecule has 3 fully saturated rings. The van der Waals surface area contributed by atoms with Crippen LogP contribution in [0.3, 0.4) is 0 Å². The van der Waals surface area contributed by atoms with Crippen LogP contribution in [0.25, 0.3) is 11.3 Å². The average molecular weight is 912 g/mol. The number of rotatable bonds is 11. The summed E-state index contributed by atoms with van der Waals surface area (Å²) < 4.78 is 89.1. The molecular formula is C47H49ClF3NO8S2. The van der Waals surface area contributed by atoms with E-state index >= 15 is 4.79 Å². The Balaban J connectivity index is 1.13. The number of Topliss-reactive ketones (excluding diaryl/α,β-unsaturated/α-hetero) is 1. The van der Waals surface area contributed by atoms with Crippen molar-refractivity contribution < 1.29 is 50.5 Å². The first-order chi connectivity index (χ1) is 29.2. The van der Waals surface area contributed by atoms with E-state index < -0.39 is 55.5 Å². The second-order valence-corrected chi connectivity index (χ2v) is 21.9. The molecule has 15 heteroatoms. The minimum absolute atomic E-state index is 0.00222. The van der Waals surface area contributed by atoms with Gasteiger partial charge in [-0.15, -0.1) is 11.3 Å². The molecule has 0 radical (unpaired) electrons. The van der Waals surface area contributed by atoms with E-state index in [4.69, 9.17) is 25.5 Å². The van der Waals surface area contributed by atoms with Gasteiger partial charge in [-0.2, -0.15) is 17.5 Å². The molecule has 0 aliphatic heterocycles. The van der Waals surface area contributed by atoms with Crippen LogP contribution < -0.4 is 9.47 Å². The Hall–Kier alpha value is -3.92. The predicted octanol–water partition coefficient (Wildman–Crippen LogP) is 10.4. The summed E-state index contributed by atoms with van der Waals surface area (Å²) in [5, 5.41) is 26.1. The molecule has 4 aromatic rings. The molecule has 0 saturated heterocycles. The number of ketones is 1. The van der Waals surface area contributed by atoms with Crippen LogP contribution in [0.15, 0.2) is 98.5 Å². The zero-order valence-corrected chi connectivity index (χ0v) is 37.2. The highest BCUT2D eigenvalue weighted by molar-refractivity contribution is 7.91. The van der Waals surface area contributed by atoms with Gasteiger partial charge >= 0.3 is 6.18 Å². The Morgan fingerprint density at radius 2 is 1.71 bits per heavy atom. The number of fused-ring (bicyclic) bond motifs is 1. The molecule has 3 saturated carbocycles. The Bertz CT molecular complexity index is 2610. The van der Waals surface area contributed by atoms with Crippen molar-refractivity contribution in [1.82, 2.24) is 4.31 Å². The van der Waals surface area contributed by atoms with Gasteiger partial charge in [0.2, 0.25) is 5.78 Å². The summed E-state index contributed by atoms with van der Waals surface area (Å²) in [6.07, 6.45) is 4.74. The quantitative estimate of drug-likeness (QED) is 0.113. The zero-order chi connectivity index (χ0) is 44.3. The molecular weight excluding hydrogens is 863 g/mol. The van der Waals surface area contributed by atoms with Crippen molar-refractivity contribution in [2.24, 2.45) is 33.5 Å². The van der Waals surface area contributed by atoms with Gasteiger partial charge in [-0.25, -0.2) is 8.42 Å². The first kappa shape index (κ1) is 43.3. The summed E-state index contributed by atoms with van der Waals surface area (Å²) in [5.74, 6) is 0.0805. The van der Waals surface area contributed by atoms with Crippen LogP contribution in [0.1, 0.15) is 80.5 Å². The highest BCUT2D eigenvalue weighted by Gasteiger charge is 2.75. The van der Waals surface area contributed by atoms with Gasteiger partial charge < -0.3 is 24.1 Å². The summed E-state index contributed by atoms with van der Waals surface area (Å²) in [6.45, 7) is 3.97. The molecule has 8 unspecified atom stereocenters. The van der Waals surface area contributed by atoms with Crippen LogP contribution in [0.5, 0.6) is 11.5 Å². The molecule has 10 rings (SSSR count). The highest BCUT2D eigenvalue weighted by atomic mass is 35.5. The maximum Gasteiger partial charge on any atom is 0.416 e. The van der Waals surface area contributed by atoms with Crippen molar-refractivity contribution in [3.05, 3.63) is 112 Å². The Kier molecular flexibility index (Phi) is 10.4. The van der Waals surface area contributed by atoms with E-state index in [2.05, 4.69) is 19.1 Å². The largest absolute Gasteiger partial charge is 0.497 e. The summed E-state index contributed by atoms with van der Waals surface area (Å²) in [5.41, 5.74) is -4.24. The number of sulfonamides is 1. The number of benzene rings is 2. The Morgan fingerprint density at radius 1 is 0.968 bits per heavy atom. The fourth-order valence-corrected chi connectivity index (χ4v) is 15.3. The Labute approximate surface area is 368 Å². The van der Waals surface area contributed by atoms with Gasteiger partial charge in [-0.1, -0.05) is 55.8 Å². The molecule has 2 spiro atoms. The van der Waals surface area contributed by atoms with Gasteiger partial charge in [0.25, 0.3) is 10.0 Å². The first-order valence-corrected chi connectivity index (χ1v) is 23.6. The first-order valence-electron chi connectivity index (χ1n) is 20.9. The van der Waals surface area contributed by atoms with Gasteiger partial charge in [-0.05, 0) is 110 Å². The smallest absolute Gasteiger partial charge is 0.416 e. The number of nitrogens with zero attached hydrogens (tertiary/aromatic N) is 1. The van der Waals surface area contributed by atoms with E-state index in [1.165, 1.54) is 30.7 Å². The van der Waals surface area contributed by atoms with Crippen molar-refractivity contribution >= 4 is 38.7 Å². The number of ether oxygens (including phenoxy) is 2. The molecule has 6 aliphatic rings. The number of allylic oxidation sites excluding steroid dienone is 4. The third kappa shape index (κ3) is 6.32. The molecule has 8 atom stereocenters. The van der Waals surface area contributed by atoms with Crippen LogP contribution >= 0.6 is 22.9 Å². The van der Waals surface area contributed by atoms with Gasteiger partial charge in [0.1, 0.15) is 21.5 Å². The molecule has 62 heavy (non-hydrogen) atoms. The topological polar surface area (TPSA) is 127 Å². The maximum absolute atomic E-state index is 15.2. The lowest BCUT2D eigenvalue weighted by molar-refractivity contribution is -0.174. The standard InChI is InChI=1S/C47H49ClF3NO8S2/c1-42-16-13-30(53)24-44(42)19-20-46(33(25-44)41(54)36-12-11-35(60-36)32-22-29(47(49,50)51)8-10-34(32)48)38(42)14-17-43(2)39(46)15-18-45(43,55)27-52(62(56,57)40-6-5-21-61-40)26-28-7-9-31(58-3)23-37(28)59-4/h5-12,19-23,25,30,38-39,53,55H,13-18,24,26-27H2,1-4H3. The third-order valence-electron chi connectivity index (χ3n) is 15.7. The predicted molar refractivity (Wildman–Crippen MR) is 229 cm³/mol. The van der Waals surface area contributed by atoms with Crippen LogP contribution in [-0.4, -0.2) is 61.2 Å². The van der Waals surface area contributed by atoms with E-state index in [0.717, 1.165) is 29.5 Å². The average Bonchev–Trinajstić information content (AvgIpc) is 4.01. The number of carbonyl (C=O) groups is 1. The molecule has 0 amide bonds. The fourth-order valence-electron chi connectivity index (χ4n) is 12.5. The number of hydrogen-bond donors (Lipinski definition) is 2. The van der Waals surface area contributed by atoms with E-state index in [1.54, 1.807) is 35.7 Å². The lowest BCUT2D eigenvalue weighted by Crippen LogP contribution is -2.67. The van der Waals surface area contributed by atoms with Crippen LogP contribution in [0.2, 0.25) is 5.02 Å². The number of hydrogen-bond acceptors (Lipinski definition) is 9. The molecule has 9 nitrogen and oxygen atoms in total. The van der Waals surface area contributed by atoms with Gasteiger partial charge in [-0.3, -0.25) is 4.79 Å². The number of furan rings is 1. The van der Waals surface area contributed by atoms with E-state index in [-0.39, 0.29) is 63.1 Å². The summed E-state index contributed by atoms with van der Waals surface area (Å²) in [6, 6.07) is 14.3. The number of methoxy groups -OCH3 is 2. The molecule has 2 bridgehead atoms. The van der Waals surface area contributed by atoms with Gasteiger partial charge in [0, 0.05) is 52.1 Å². The Morgan fingerprint density at radius 3 is 2.42 bits per heavy atom. The van der Waals surface area contributed by atoms with Crippen molar-refractivity contribution in [3.63, 3.8) is 0 Å². The number of carbonyl (C=O) groups excluding carboxylic acids is 1. The third-order valence-corrected chi connectivity index (χ3v) is 19.2. The minimum Gasteiger partial charge on any atom is -0.497 e. The molecule has 2 N–H and O–H groups in total. The van der Waals surface area contributed by atoms with E-state index in [0.29, 0.717) is 61.2 Å². The second-order valence-electron chi connectivity index (χ2n) is 18.4. The molecule has 330 valence electrons. The van der Waals surface area contributed by atoms with Crippen molar-refractivity contribution in [1.29, 1.82) is 0 Å². The second kappa shape index (κ2) is 14.8. The maximum atomic E-state index is 15.2. The van der Waals surface area contributed by atoms with Gasteiger partial charge in [0.15, 0.2) is 5.76 Å². The molecule has 2 heterocycles. The SMILES string of the molecule is COc1ccc(CN(CC2(O)CCC3C45C=CC6(C=C4C(=O)c4ccc(-c7cc(C(F)(F)F)ccc7Cl)o4)CC(O)CCC6(C)C5CCC32C)S(=O)(=O)c2cccs2)c(OC)c1. The summed E-state index contributed by atoms with van der Waals surface area (Å²) >= 11 is 7.50. The zero-order valence-electron chi connectivity index (χ0n) is 34.8. The lowest BCUT2D eigenvalue weighted by atomic mass is 9.32. The summed E-state index contributed by atoms with van der Waals surface area (Å²) in [4.78, 5) is 15.2. The molecule has 2 aromatic carbocycles. The highest BCUT2D eigenvalue weighted by Crippen LogP contribution is 2.78. The fraction of sp³-hybridized carbons (Fsp3) is 0.468. The number of aliphatic hydroxyl groups is 2. The molecule has 2 aromatic heterocycles.